The van der Waals surface area contributed by atoms with Gasteiger partial charge in [0.15, 0.2) is 0 Å². The van der Waals surface area contributed by atoms with Crippen molar-refractivity contribution in [2.24, 2.45) is 11.8 Å². The van der Waals surface area contributed by atoms with E-state index >= 15 is 0 Å². The number of allylic oxidation sites excluding steroid dienone is 2. The molecule has 68 valence electrons. The molecule has 2 aliphatic rings. The van der Waals surface area contributed by atoms with Crippen LogP contribution in [-0.4, -0.2) is 12.5 Å². The first-order valence-corrected chi connectivity index (χ1v) is 4.53. The molecular formula is C11H13NO. The minimum atomic E-state index is 0.0317. The van der Waals surface area contributed by atoms with Crippen molar-refractivity contribution in [3.63, 3.8) is 0 Å². The Hall–Kier alpha value is -1.31. The van der Waals surface area contributed by atoms with Gasteiger partial charge < -0.3 is 5.32 Å². The molecule has 0 radical (unpaired) electrons. The zero-order chi connectivity index (χ0) is 9.42. The van der Waals surface area contributed by atoms with Crippen LogP contribution in [0.5, 0.6) is 0 Å². The highest BCUT2D eigenvalue weighted by molar-refractivity contribution is 5.85. The largest absolute Gasteiger partial charge is 0.355 e. The fourth-order valence-electron chi connectivity index (χ4n) is 2.17. The molecule has 2 fully saturated rings. The summed E-state index contributed by atoms with van der Waals surface area (Å²) in [5, 5.41) is 2.89. The minimum Gasteiger partial charge on any atom is -0.355 e. The summed E-state index contributed by atoms with van der Waals surface area (Å²) in [6, 6.07) is 0. The maximum Gasteiger partial charge on any atom is 0.227 e. The third-order valence-corrected chi connectivity index (χ3v) is 2.90. The van der Waals surface area contributed by atoms with Gasteiger partial charge in [0.25, 0.3) is 0 Å². The lowest BCUT2D eigenvalue weighted by atomic mass is 9.98. The van der Waals surface area contributed by atoms with Gasteiger partial charge in [-0.3, -0.25) is 4.79 Å². The average molecular weight is 175 g/mol. The summed E-state index contributed by atoms with van der Waals surface area (Å²) >= 11 is 0. The molecule has 2 bridgehead atoms. The molecule has 1 amide bonds. The molecule has 1 saturated carbocycles. The Bertz CT molecular complexity index is 314. The van der Waals surface area contributed by atoms with Crippen LogP contribution in [-0.2, 0) is 4.79 Å². The number of amides is 1. The van der Waals surface area contributed by atoms with E-state index in [1.54, 1.807) is 6.08 Å². The van der Waals surface area contributed by atoms with Gasteiger partial charge in [0.2, 0.25) is 5.91 Å². The topological polar surface area (TPSA) is 29.1 Å². The number of hydrogen-bond acceptors (Lipinski definition) is 1. The van der Waals surface area contributed by atoms with Gasteiger partial charge in [-0.1, -0.05) is 25.3 Å². The van der Waals surface area contributed by atoms with Gasteiger partial charge in [0, 0.05) is 12.5 Å². The van der Waals surface area contributed by atoms with E-state index in [0.717, 1.165) is 24.1 Å². The van der Waals surface area contributed by atoms with Crippen molar-refractivity contribution < 1.29 is 4.79 Å². The molecular weight excluding hydrogens is 162 g/mol. The molecule has 2 rings (SSSR count). The van der Waals surface area contributed by atoms with E-state index < -0.39 is 0 Å². The predicted molar refractivity (Wildman–Crippen MR) is 52.0 cm³/mol. The van der Waals surface area contributed by atoms with Crippen molar-refractivity contribution in [3.8, 4) is 0 Å². The van der Waals surface area contributed by atoms with Crippen LogP contribution in [0.1, 0.15) is 6.42 Å². The lowest BCUT2D eigenvalue weighted by Crippen LogP contribution is -2.37. The average Bonchev–Trinajstić information content (AvgIpc) is 2.38. The standard InChI is InChI=1S/C11H13NO/c1-3-4-9-7(2)8-5-10(9)11(13)12-6-8/h3-4,8,10H,1-2,5-6H2,(H,12,13)/b9-4+. The number of nitrogens with one attached hydrogen (secondary N) is 1. The summed E-state index contributed by atoms with van der Waals surface area (Å²) in [7, 11) is 0. The van der Waals surface area contributed by atoms with Gasteiger partial charge >= 0.3 is 0 Å². The van der Waals surface area contributed by atoms with Gasteiger partial charge in [0.1, 0.15) is 0 Å². The van der Waals surface area contributed by atoms with E-state index in [-0.39, 0.29) is 11.8 Å². The molecule has 2 unspecified atom stereocenters. The van der Waals surface area contributed by atoms with E-state index in [1.165, 1.54) is 0 Å². The highest BCUT2D eigenvalue weighted by atomic mass is 16.2. The maximum absolute atomic E-state index is 11.5. The molecule has 0 aromatic carbocycles. The number of fused-ring (bicyclic) bond motifs is 2. The Labute approximate surface area is 78.0 Å². The SMILES string of the molecule is C=C/C=C1\C(=C)C2CNC(=O)C1C2. The highest BCUT2D eigenvalue weighted by Crippen LogP contribution is 2.41. The second-order valence-electron chi connectivity index (χ2n) is 3.61. The summed E-state index contributed by atoms with van der Waals surface area (Å²) < 4.78 is 0. The van der Waals surface area contributed by atoms with E-state index in [4.69, 9.17) is 0 Å². The number of hydrogen-bond donors (Lipinski definition) is 1. The van der Waals surface area contributed by atoms with Crippen LogP contribution in [0.4, 0.5) is 0 Å². The number of rotatable bonds is 1. The van der Waals surface area contributed by atoms with Crippen LogP contribution < -0.4 is 5.32 Å². The van der Waals surface area contributed by atoms with Gasteiger partial charge in [-0.15, -0.1) is 0 Å². The van der Waals surface area contributed by atoms with Gasteiger partial charge in [-0.2, -0.15) is 0 Å². The third-order valence-electron chi connectivity index (χ3n) is 2.90. The predicted octanol–water partition coefficient (Wildman–Crippen LogP) is 1.42. The molecule has 1 saturated heterocycles. The number of piperidine rings is 1. The summed E-state index contributed by atoms with van der Waals surface area (Å²) in [5.74, 6) is 0.626. The lowest BCUT2D eigenvalue weighted by Gasteiger charge is -2.18. The summed E-state index contributed by atoms with van der Waals surface area (Å²) in [6.45, 7) is 8.42. The molecule has 0 aromatic rings. The Balaban J connectivity index is 2.38. The minimum absolute atomic E-state index is 0.0317. The molecule has 0 spiro atoms. The first-order chi connectivity index (χ1) is 6.24. The molecule has 13 heavy (non-hydrogen) atoms. The summed E-state index contributed by atoms with van der Waals surface area (Å²) in [6.07, 6.45) is 4.58. The van der Waals surface area contributed by atoms with E-state index in [1.807, 2.05) is 6.08 Å². The van der Waals surface area contributed by atoms with E-state index in [9.17, 15) is 4.79 Å². The van der Waals surface area contributed by atoms with Crippen molar-refractivity contribution in [1.82, 2.24) is 5.32 Å². The van der Waals surface area contributed by atoms with Crippen molar-refractivity contribution >= 4 is 5.91 Å². The number of carbonyl (C=O) groups excluding carboxylic acids is 1. The summed E-state index contributed by atoms with van der Waals surface area (Å²) in [5.41, 5.74) is 2.19. The molecule has 2 heteroatoms. The van der Waals surface area contributed by atoms with Crippen LogP contribution in [0.15, 0.2) is 36.5 Å². The van der Waals surface area contributed by atoms with Crippen molar-refractivity contribution in [3.05, 3.63) is 36.5 Å². The van der Waals surface area contributed by atoms with Crippen molar-refractivity contribution in [2.45, 2.75) is 6.42 Å². The molecule has 1 heterocycles. The smallest absolute Gasteiger partial charge is 0.227 e. The fourth-order valence-corrected chi connectivity index (χ4v) is 2.17. The van der Waals surface area contributed by atoms with Gasteiger partial charge in [-0.25, -0.2) is 0 Å². The molecule has 1 aliphatic carbocycles. The third kappa shape index (κ3) is 1.13. The Morgan fingerprint density at radius 3 is 3.00 bits per heavy atom. The Morgan fingerprint density at radius 2 is 2.31 bits per heavy atom. The van der Waals surface area contributed by atoms with Gasteiger partial charge in [-0.05, 0) is 17.6 Å². The van der Waals surface area contributed by atoms with E-state index in [0.29, 0.717) is 5.92 Å². The second kappa shape index (κ2) is 2.87. The second-order valence-corrected chi connectivity index (χ2v) is 3.61. The first kappa shape index (κ1) is 8.30. The van der Waals surface area contributed by atoms with E-state index in [2.05, 4.69) is 18.5 Å². The highest BCUT2D eigenvalue weighted by Gasteiger charge is 2.40. The van der Waals surface area contributed by atoms with Crippen LogP contribution >= 0.6 is 0 Å². The molecule has 1 aliphatic heterocycles. The first-order valence-electron chi connectivity index (χ1n) is 4.53. The van der Waals surface area contributed by atoms with Crippen LogP contribution in [0.25, 0.3) is 0 Å². The van der Waals surface area contributed by atoms with Crippen LogP contribution in [0, 0.1) is 11.8 Å². The molecule has 2 nitrogen and oxygen atoms in total. The van der Waals surface area contributed by atoms with Gasteiger partial charge in [0.05, 0.1) is 5.92 Å². The zero-order valence-corrected chi connectivity index (χ0v) is 7.55. The molecule has 2 atom stereocenters. The van der Waals surface area contributed by atoms with Crippen LogP contribution in [0.2, 0.25) is 0 Å². The maximum atomic E-state index is 11.5. The quantitative estimate of drug-likeness (QED) is 0.641. The monoisotopic (exact) mass is 175 g/mol. The Morgan fingerprint density at radius 1 is 1.54 bits per heavy atom. The number of carbonyl (C=O) groups is 1. The molecule has 0 aromatic heterocycles. The fraction of sp³-hybridized carbons (Fsp3) is 0.364. The van der Waals surface area contributed by atoms with Crippen LogP contribution in [0.3, 0.4) is 0 Å². The lowest BCUT2D eigenvalue weighted by molar-refractivity contribution is -0.125. The van der Waals surface area contributed by atoms with Crippen molar-refractivity contribution in [2.75, 3.05) is 6.54 Å². The van der Waals surface area contributed by atoms with Crippen molar-refractivity contribution in [1.29, 1.82) is 0 Å². The Kier molecular flexibility index (Phi) is 1.83. The zero-order valence-electron chi connectivity index (χ0n) is 7.55. The molecule has 1 N–H and O–H groups in total. The normalized spacial score (nSPS) is 34.9. The summed E-state index contributed by atoms with van der Waals surface area (Å²) in [4.78, 5) is 11.5.